The van der Waals surface area contributed by atoms with Crippen LogP contribution in [-0.4, -0.2) is 72.3 Å². The highest BCUT2D eigenvalue weighted by Crippen LogP contribution is 2.46. The number of carbonyl (C=O) groups excluding carboxylic acids is 2. The molecule has 2 aliphatic heterocycles. The fourth-order valence-corrected chi connectivity index (χ4v) is 5.68. The number of fused-ring (bicyclic) bond motifs is 1. The SMILES string of the molecule is Cc1ccccc1[C@H]1[C@@H]2CN(C(=O)C3(N)CCCC3)C[C@@H]2CN1C(=O)CN(C)C. The maximum Gasteiger partial charge on any atom is 0.242 e. The van der Waals surface area contributed by atoms with Crippen molar-refractivity contribution in [3.05, 3.63) is 35.4 Å². The molecule has 0 aromatic heterocycles. The number of benzene rings is 1. The molecule has 29 heavy (non-hydrogen) atoms. The molecule has 1 aromatic carbocycles. The molecule has 3 aliphatic rings. The minimum atomic E-state index is -0.669. The van der Waals surface area contributed by atoms with Gasteiger partial charge in [0.25, 0.3) is 0 Å². The maximum absolute atomic E-state index is 13.2. The largest absolute Gasteiger partial charge is 0.340 e. The van der Waals surface area contributed by atoms with Crippen LogP contribution in [0.25, 0.3) is 0 Å². The molecule has 2 heterocycles. The van der Waals surface area contributed by atoms with Crippen LogP contribution in [0.2, 0.25) is 0 Å². The van der Waals surface area contributed by atoms with Gasteiger partial charge in [0.2, 0.25) is 11.8 Å². The van der Waals surface area contributed by atoms with E-state index >= 15 is 0 Å². The second kappa shape index (κ2) is 7.73. The first kappa shape index (κ1) is 20.4. The van der Waals surface area contributed by atoms with Crippen molar-refractivity contribution in [3.8, 4) is 0 Å². The highest BCUT2D eigenvalue weighted by Gasteiger charge is 2.52. The van der Waals surface area contributed by atoms with Crippen LogP contribution in [0, 0.1) is 18.8 Å². The Morgan fingerprint density at radius 1 is 1.14 bits per heavy atom. The number of likely N-dealkylation sites (tertiary alicyclic amines) is 2. The minimum Gasteiger partial charge on any atom is -0.340 e. The highest BCUT2D eigenvalue weighted by molar-refractivity contribution is 5.87. The number of aryl methyl sites for hydroxylation is 1. The van der Waals surface area contributed by atoms with Crippen LogP contribution in [0.15, 0.2) is 24.3 Å². The quantitative estimate of drug-likeness (QED) is 0.839. The number of likely N-dealkylation sites (N-methyl/N-ethyl adjacent to an activating group) is 1. The second-order valence-electron chi connectivity index (χ2n) is 9.58. The van der Waals surface area contributed by atoms with Gasteiger partial charge in [-0.2, -0.15) is 0 Å². The zero-order valence-electron chi connectivity index (χ0n) is 17.9. The number of hydrogen-bond acceptors (Lipinski definition) is 4. The lowest BCUT2D eigenvalue weighted by Crippen LogP contribution is -2.53. The van der Waals surface area contributed by atoms with Crippen molar-refractivity contribution in [1.82, 2.24) is 14.7 Å². The van der Waals surface area contributed by atoms with E-state index < -0.39 is 5.54 Å². The molecule has 1 aliphatic carbocycles. The summed E-state index contributed by atoms with van der Waals surface area (Å²) < 4.78 is 0. The van der Waals surface area contributed by atoms with Crippen molar-refractivity contribution < 1.29 is 9.59 Å². The van der Waals surface area contributed by atoms with Gasteiger partial charge in [-0.15, -0.1) is 0 Å². The molecular formula is C23H34N4O2. The Labute approximate surface area is 174 Å². The predicted octanol–water partition coefficient (Wildman–Crippen LogP) is 1.79. The molecule has 2 saturated heterocycles. The smallest absolute Gasteiger partial charge is 0.242 e. The summed E-state index contributed by atoms with van der Waals surface area (Å²) in [6.07, 6.45) is 3.68. The van der Waals surface area contributed by atoms with Gasteiger partial charge in [0, 0.05) is 31.5 Å². The average molecular weight is 399 g/mol. The highest BCUT2D eigenvalue weighted by atomic mass is 16.2. The molecule has 2 N–H and O–H groups in total. The van der Waals surface area contributed by atoms with Gasteiger partial charge in [0.05, 0.1) is 18.1 Å². The lowest BCUT2D eigenvalue weighted by atomic mass is 9.87. The lowest BCUT2D eigenvalue weighted by molar-refractivity contribution is -0.136. The maximum atomic E-state index is 13.2. The summed E-state index contributed by atoms with van der Waals surface area (Å²) in [6.45, 7) is 4.67. The van der Waals surface area contributed by atoms with E-state index in [-0.39, 0.29) is 23.8 Å². The molecule has 4 rings (SSSR count). The van der Waals surface area contributed by atoms with E-state index in [1.54, 1.807) is 0 Å². The molecule has 6 heteroatoms. The predicted molar refractivity (Wildman–Crippen MR) is 113 cm³/mol. The molecule has 3 atom stereocenters. The van der Waals surface area contributed by atoms with Crippen LogP contribution >= 0.6 is 0 Å². The molecular weight excluding hydrogens is 364 g/mol. The number of amides is 2. The number of hydrogen-bond donors (Lipinski definition) is 1. The minimum absolute atomic E-state index is 0.0313. The third-order valence-electron chi connectivity index (χ3n) is 7.15. The third kappa shape index (κ3) is 3.68. The third-order valence-corrected chi connectivity index (χ3v) is 7.15. The van der Waals surface area contributed by atoms with Gasteiger partial charge in [0.15, 0.2) is 0 Å². The Balaban J connectivity index is 1.59. The molecule has 2 amide bonds. The topological polar surface area (TPSA) is 69.9 Å². The number of nitrogens with zero attached hydrogens (tertiary/aromatic N) is 3. The van der Waals surface area contributed by atoms with Crippen molar-refractivity contribution in [2.45, 2.75) is 44.2 Å². The van der Waals surface area contributed by atoms with Crippen LogP contribution < -0.4 is 5.73 Å². The van der Waals surface area contributed by atoms with E-state index in [0.29, 0.717) is 19.0 Å². The summed E-state index contributed by atoms with van der Waals surface area (Å²) in [5, 5.41) is 0. The van der Waals surface area contributed by atoms with Gasteiger partial charge in [0.1, 0.15) is 0 Å². The normalized spacial score (nSPS) is 28.2. The number of nitrogens with two attached hydrogens (primary N) is 1. The second-order valence-corrected chi connectivity index (χ2v) is 9.58. The van der Waals surface area contributed by atoms with E-state index in [9.17, 15) is 9.59 Å². The van der Waals surface area contributed by atoms with Crippen molar-refractivity contribution in [1.29, 1.82) is 0 Å². The summed E-state index contributed by atoms with van der Waals surface area (Å²) in [5.41, 5.74) is 8.22. The fourth-order valence-electron chi connectivity index (χ4n) is 5.68. The van der Waals surface area contributed by atoms with Crippen LogP contribution in [0.1, 0.15) is 42.9 Å². The fraction of sp³-hybridized carbons (Fsp3) is 0.652. The zero-order chi connectivity index (χ0) is 20.8. The van der Waals surface area contributed by atoms with Crippen molar-refractivity contribution in [3.63, 3.8) is 0 Å². The average Bonchev–Trinajstić information content (AvgIpc) is 3.36. The van der Waals surface area contributed by atoms with Crippen molar-refractivity contribution >= 4 is 11.8 Å². The summed E-state index contributed by atoms with van der Waals surface area (Å²) in [4.78, 5) is 32.2. The van der Waals surface area contributed by atoms with Crippen LogP contribution in [0.5, 0.6) is 0 Å². The molecule has 0 unspecified atom stereocenters. The molecule has 158 valence electrons. The van der Waals surface area contributed by atoms with Crippen LogP contribution in [0.4, 0.5) is 0 Å². The standard InChI is InChI=1S/C23H34N4O2/c1-16-8-4-5-9-18(16)21-19-14-26(22(29)23(24)10-6-7-11-23)12-17(19)13-27(21)20(28)15-25(2)3/h4-5,8-9,17,19,21H,6-7,10-15,24H2,1-3H3/t17-,19-,21+/m1/s1. The number of rotatable bonds is 4. The van der Waals surface area contributed by atoms with Crippen molar-refractivity contribution in [2.24, 2.45) is 17.6 Å². The van der Waals surface area contributed by atoms with Crippen LogP contribution in [-0.2, 0) is 9.59 Å². The van der Waals surface area contributed by atoms with Gasteiger partial charge < -0.3 is 20.4 Å². The first-order valence-corrected chi connectivity index (χ1v) is 10.9. The molecule has 0 spiro atoms. The Morgan fingerprint density at radius 2 is 1.83 bits per heavy atom. The lowest BCUT2D eigenvalue weighted by Gasteiger charge is -2.33. The Kier molecular flexibility index (Phi) is 5.42. The summed E-state index contributed by atoms with van der Waals surface area (Å²) in [7, 11) is 3.86. The monoisotopic (exact) mass is 398 g/mol. The van der Waals surface area contributed by atoms with E-state index in [0.717, 1.165) is 38.8 Å². The Bertz CT molecular complexity index is 787. The van der Waals surface area contributed by atoms with Gasteiger partial charge in [-0.3, -0.25) is 9.59 Å². The van der Waals surface area contributed by atoms with Crippen LogP contribution in [0.3, 0.4) is 0 Å². The van der Waals surface area contributed by atoms with E-state index in [2.05, 4.69) is 30.0 Å². The molecule has 0 radical (unpaired) electrons. The van der Waals surface area contributed by atoms with Gasteiger partial charge >= 0.3 is 0 Å². The molecule has 1 aromatic rings. The molecule has 1 saturated carbocycles. The van der Waals surface area contributed by atoms with E-state index in [1.165, 1.54) is 11.1 Å². The molecule has 6 nitrogen and oxygen atoms in total. The van der Waals surface area contributed by atoms with Gasteiger partial charge in [-0.1, -0.05) is 37.1 Å². The Morgan fingerprint density at radius 3 is 2.48 bits per heavy atom. The summed E-state index contributed by atoms with van der Waals surface area (Å²) in [5.74, 6) is 0.886. The molecule has 0 bridgehead atoms. The first-order valence-electron chi connectivity index (χ1n) is 10.9. The number of carbonyl (C=O) groups is 2. The van der Waals surface area contributed by atoms with Crippen molar-refractivity contribution in [2.75, 3.05) is 40.3 Å². The Hall–Kier alpha value is -1.92. The zero-order valence-corrected chi connectivity index (χ0v) is 17.9. The summed E-state index contributed by atoms with van der Waals surface area (Å²) >= 11 is 0. The van der Waals surface area contributed by atoms with E-state index in [4.69, 9.17) is 5.73 Å². The van der Waals surface area contributed by atoms with Gasteiger partial charge in [-0.05, 0) is 45.0 Å². The van der Waals surface area contributed by atoms with E-state index in [1.807, 2.05) is 30.0 Å². The first-order chi connectivity index (χ1) is 13.8. The van der Waals surface area contributed by atoms with Gasteiger partial charge in [-0.25, -0.2) is 0 Å². The molecule has 3 fully saturated rings. The summed E-state index contributed by atoms with van der Waals surface area (Å²) in [6, 6.07) is 8.38.